The number of nitrogens with one attached hydrogen (secondary N) is 2. The lowest BCUT2D eigenvalue weighted by molar-refractivity contribution is -0.152. The Morgan fingerprint density at radius 2 is 2.00 bits per heavy atom. The van der Waals surface area contributed by atoms with Crippen molar-refractivity contribution in [2.75, 3.05) is 18.9 Å². The minimum absolute atomic E-state index is 0.0435. The predicted octanol–water partition coefficient (Wildman–Crippen LogP) is 5.32. The van der Waals surface area contributed by atoms with Gasteiger partial charge in [0.05, 0.1) is 34.8 Å². The third-order valence-electron chi connectivity index (χ3n) is 7.30. The summed E-state index contributed by atoms with van der Waals surface area (Å²) in [5.41, 5.74) is 2.07. The monoisotopic (exact) mass is 632 g/mol. The van der Waals surface area contributed by atoms with Crippen molar-refractivity contribution in [2.24, 2.45) is 16.1 Å². The number of phenols is 1. The molecule has 1 amide bonds. The fraction of sp³-hybridized carbons (Fsp3) is 0.407. The van der Waals surface area contributed by atoms with E-state index < -0.39 is 46.9 Å². The number of H-pyrrole nitrogens is 1. The highest BCUT2D eigenvalue weighted by atomic mass is 32.2. The number of carbonyl (C=O) groups is 1. The number of pyridine rings is 1. The highest BCUT2D eigenvalue weighted by Gasteiger charge is 2.31. The topological polar surface area (TPSA) is 188 Å². The van der Waals surface area contributed by atoms with Gasteiger partial charge in [-0.2, -0.15) is 26.9 Å². The van der Waals surface area contributed by atoms with Crippen LogP contribution in [0.15, 0.2) is 46.9 Å². The molecular formula is C27H27F3N8O5S. The largest absolute Gasteiger partial charge is 0.507 e. The van der Waals surface area contributed by atoms with E-state index in [1.807, 2.05) is 10.6 Å². The van der Waals surface area contributed by atoms with E-state index in [4.69, 9.17) is 5.26 Å². The second-order valence-corrected chi connectivity index (χ2v) is 12.1. The van der Waals surface area contributed by atoms with Crippen LogP contribution in [0, 0.1) is 17.2 Å². The Morgan fingerprint density at radius 3 is 2.73 bits per heavy atom. The van der Waals surface area contributed by atoms with Gasteiger partial charge in [-0.1, -0.05) is 0 Å². The van der Waals surface area contributed by atoms with E-state index in [1.54, 1.807) is 12.4 Å². The van der Waals surface area contributed by atoms with Crippen LogP contribution in [0.5, 0.6) is 5.75 Å². The maximum atomic E-state index is 12.6. The molecule has 1 aromatic carbocycles. The van der Waals surface area contributed by atoms with Gasteiger partial charge in [0.1, 0.15) is 16.9 Å². The van der Waals surface area contributed by atoms with Crippen molar-refractivity contribution in [1.29, 1.82) is 5.26 Å². The van der Waals surface area contributed by atoms with Gasteiger partial charge in [0.25, 0.3) is 22.0 Å². The SMILES string of the molecule is N#CCC1CCC(n2c(/N=N/c3ccc(O)c(C(=O)NCCS(=O)(=O)OCC(F)(F)F)c3)nc3cnc4[nH]ccc4c32)CC1. The molecule has 0 spiro atoms. The van der Waals surface area contributed by atoms with Crippen LogP contribution in [0.1, 0.15) is 48.5 Å². The molecule has 4 aromatic rings. The van der Waals surface area contributed by atoms with E-state index >= 15 is 0 Å². The summed E-state index contributed by atoms with van der Waals surface area (Å²) < 4.78 is 66.0. The highest BCUT2D eigenvalue weighted by molar-refractivity contribution is 7.86. The van der Waals surface area contributed by atoms with Gasteiger partial charge in [-0.05, 0) is 55.9 Å². The average molecular weight is 633 g/mol. The molecule has 1 saturated carbocycles. The van der Waals surface area contributed by atoms with Gasteiger partial charge in [0.2, 0.25) is 0 Å². The minimum atomic E-state index is -4.83. The highest BCUT2D eigenvalue weighted by Crippen LogP contribution is 2.40. The number of carbonyl (C=O) groups excluding carboxylic acids is 1. The Hall–Kier alpha value is -4.56. The van der Waals surface area contributed by atoms with E-state index in [2.05, 4.69) is 40.7 Å². The van der Waals surface area contributed by atoms with Crippen LogP contribution in [0.4, 0.5) is 24.8 Å². The number of nitrogens with zero attached hydrogens (tertiary/aromatic N) is 6. The summed E-state index contributed by atoms with van der Waals surface area (Å²) in [5, 5.41) is 31.1. The lowest BCUT2D eigenvalue weighted by atomic mass is 9.84. The molecule has 0 unspecified atom stereocenters. The van der Waals surface area contributed by atoms with E-state index in [1.165, 1.54) is 18.2 Å². The fourth-order valence-electron chi connectivity index (χ4n) is 5.20. The zero-order valence-corrected chi connectivity index (χ0v) is 23.9. The number of fused-ring (bicyclic) bond motifs is 3. The molecule has 3 heterocycles. The molecule has 0 saturated heterocycles. The van der Waals surface area contributed by atoms with E-state index in [0.717, 1.165) is 36.6 Å². The molecule has 232 valence electrons. The zero-order chi connectivity index (χ0) is 31.5. The lowest BCUT2D eigenvalue weighted by Crippen LogP contribution is -2.31. The second kappa shape index (κ2) is 12.6. The summed E-state index contributed by atoms with van der Waals surface area (Å²) in [7, 11) is -4.55. The van der Waals surface area contributed by atoms with Crippen molar-refractivity contribution in [3.05, 3.63) is 42.2 Å². The Morgan fingerprint density at radius 1 is 1.23 bits per heavy atom. The van der Waals surface area contributed by atoms with Crippen LogP contribution in [-0.2, 0) is 14.3 Å². The van der Waals surface area contributed by atoms with E-state index in [9.17, 15) is 31.5 Å². The van der Waals surface area contributed by atoms with Crippen molar-refractivity contribution < 1.29 is 35.7 Å². The summed E-state index contributed by atoms with van der Waals surface area (Å²) in [6.07, 6.45) is 2.49. The number of halogens is 3. The van der Waals surface area contributed by atoms with Gasteiger partial charge in [-0.3, -0.25) is 8.98 Å². The summed E-state index contributed by atoms with van der Waals surface area (Å²) >= 11 is 0. The summed E-state index contributed by atoms with van der Waals surface area (Å²) in [6.45, 7) is -2.54. The van der Waals surface area contributed by atoms with Crippen LogP contribution >= 0.6 is 0 Å². The lowest BCUT2D eigenvalue weighted by Gasteiger charge is -2.29. The average Bonchev–Trinajstić information content (AvgIpc) is 3.60. The smallest absolute Gasteiger partial charge is 0.413 e. The number of aromatic hydroxyl groups is 1. The van der Waals surface area contributed by atoms with Gasteiger partial charge in [0, 0.05) is 30.6 Å². The number of aromatic amines is 1. The molecule has 5 rings (SSSR count). The molecule has 17 heteroatoms. The molecule has 1 aliphatic carbocycles. The predicted molar refractivity (Wildman–Crippen MR) is 151 cm³/mol. The molecule has 0 radical (unpaired) electrons. The van der Waals surface area contributed by atoms with Gasteiger partial charge in [0.15, 0.2) is 6.61 Å². The molecule has 0 atom stereocenters. The Labute approximate surface area is 248 Å². The first kappa shape index (κ1) is 30.9. The fourth-order valence-corrected chi connectivity index (χ4v) is 5.99. The Bertz CT molecular complexity index is 1850. The minimum Gasteiger partial charge on any atom is -0.507 e. The number of phenolic OH excluding ortho intramolecular Hbond substituents is 1. The molecule has 0 bridgehead atoms. The van der Waals surface area contributed by atoms with E-state index in [0.29, 0.717) is 29.5 Å². The van der Waals surface area contributed by atoms with Crippen LogP contribution < -0.4 is 5.32 Å². The first-order valence-corrected chi connectivity index (χ1v) is 15.2. The molecule has 0 aliphatic heterocycles. The maximum Gasteiger partial charge on any atom is 0.413 e. The van der Waals surface area contributed by atoms with Crippen molar-refractivity contribution in [2.45, 2.75) is 44.3 Å². The van der Waals surface area contributed by atoms with Crippen molar-refractivity contribution >= 4 is 49.7 Å². The maximum absolute atomic E-state index is 12.6. The first-order chi connectivity index (χ1) is 20.9. The van der Waals surface area contributed by atoms with Gasteiger partial charge in [-0.15, -0.1) is 10.2 Å². The third-order valence-corrected chi connectivity index (χ3v) is 8.48. The molecule has 1 aliphatic rings. The molecule has 44 heavy (non-hydrogen) atoms. The van der Waals surface area contributed by atoms with Gasteiger partial charge < -0.3 is 20.0 Å². The summed E-state index contributed by atoms with van der Waals surface area (Å²) in [4.78, 5) is 24.8. The van der Waals surface area contributed by atoms with Crippen LogP contribution in [0.3, 0.4) is 0 Å². The van der Waals surface area contributed by atoms with Crippen molar-refractivity contribution in [3.63, 3.8) is 0 Å². The molecule has 13 nitrogen and oxygen atoms in total. The Balaban J connectivity index is 1.36. The van der Waals surface area contributed by atoms with Crippen LogP contribution in [-0.4, -0.2) is 64.0 Å². The van der Waals surface area contributed by atoms with Crippen LogP contribution in [0.25, 0.3) is 22.1 Å². The molecule has 1 fully saturated rings. The number of hydrogen-bond acceptors (Lipinski definition) is 10. The number of hydrogen-bond donors (Lipinski definition) is 3. The Kier molecular flexibility index (Phi) is 8.83. The molecule has 3 N–H and O–H groups in total. The summed E-state index contributed by atoms with van der Waals surface area (Å²) in [5.74, 6) is -1.58. The number of amides is 1. The number of imidazole rings is 1. The normalized spacial score (nSPS) is 17.8. The quantitative estimate of drug-likeness (QED) is 0.155. The number of rotatable bonds is 10. The number of benzene rings is 1. The van der Waals surface area contributed by atoms with E-state index in [-0.39, 0.29) is 17.3 Å². The second-order valence-electron chi connectivity index (χ2n) is 10.3. The zero-order valence-electron chi connectivity index (χ0n) is 23.1. The van der Waals surface area contributed by atoms with Gasteiger partial charge >= 0.3 is 6.18 Å². The standard InChI is InChI=1S/C27H27F3N8O5S/c28-27(29,30)15-43-44(41,42)12-11-33-25(40)20-13-17(3-6-22(20)39)36-37-26-35-21-14-34-24-19(8-10-32-24)23(21)38(26)18-4-1-16(2-5-18)7-9-31/h3,6,8,10,13-14,16,18,39H,1-2,4-5,7,11-12,15H2,(H,32,34)(H,33,40)/b37-36+. The van der Waals surface area contributed by atoms with Crippen LogP contribution in [0.2, 0.25) is 0 Å². The summed E-state index contributed by atoms with van der Waals surface area (Å²) in [6, 6.07) is 8.05. The number of azo groups is 1. The molecular weight excluding hydrogens is 605 g/mol. The number of alkyl halides is 3. The van der Waals surface area contributed by atoms with Crippen molar-refractivity contribution in [1.82, 2.24) is 24.8 Å². The first-order valence-electron chi connectivity index (χ1n) is 13.6. The third kappa shape index (κ3) is 7.14. The van der Waals surface area contributed by atoms with Crippen molar-refractivity contribution in [3.8, 4) is 11.8 Å². The number of nitriles is 1. The molecule has 3 aromatic heterocycles. The van der Waals surface area contributed by atoms with Gasteiger partial charge in [-0.25, -0.2) is 9.97 Å². The number of aromatic nitrogens is 4.